The summed E-state index contributed by atoms with van der Waals surface area (Å²) in [5, 5.41) is 0. The van der Waals surface area contributed by atoms with Crippen molar-refractivity contribution in [1.82, 2.24) is 8.61 Å². The SMILES string of the molecule is COCC1CCN(S(=O)(=O)N2CCCCC2CN)CC1. The fraction of sp³-hybridized carbons (Fsp3) is 1.00. The highest BCUT2D eigenvalue weighted by Gasteiger charge is 2.37. The second-order valence-electron chi connectivity index (χ2n) is 5.80. The van der Waals surface area contributed by atoms with E-state index >= 15 is 0 Å². The van der Waals surface area contributed by atoms with Crippen molar-refractivity contribution >= 4 is 10.2 Å². The zero-order valence-electron chi connectivity index (χ0n) is 12.3. The van der Waals surface area contributed by atoms with E-state index in [-0.39, 0.29) is 6.04 Å². The van der Waals surface area contributed by atoms with Gasteiger partial charge in [-0.25, -0.2) is 0 Å². The van der Waals surface area contributed by atoms with E-state index in [1.807, 2.05) is 0 Å². The highest BCUT2D eigenvalue weighted by Crippen LogP contribution is 2.26. The first-order chi connectivity index (χ1) is 9.59. The average molecular weight is 305 g/mol. The molecule has 0 aromatic rings. The molecule has 0 radical (unpaired) electrons. The van der Waals surface area contributed by atoms with Gasteiger partial charge in [-0.05, 0) is 31.6 Å². The normalized spacial score (nSPS) is 27.8. The van der Waals surface area contributed by atoms with Crippen LogP contribution >= 0.6 is 0 Å². The maximum absolute atomic E-state index is 12.7. The van der Waals surface area contributed by atoms with Crippen molar-refractivity contribution in [2.75, 3.05) is 39.9 Å². The van der Waals surface area contributed by atoms with E-state index in [2.05, 4.69) is 0 Å². The quantitative estimate of drug-likeness (QED) is 0.798. The predicted molar refractivity (Wildman–Crippen MR) is 78.5 cm³/mol. The number of piperidine rings is 2. The van der Waals surface area contributed by atoms with Crippen LogP contribution in [0.25, 0.3) is 0 Å². The Morgan fingerprint density at radius 3 is 2.45 bits per heavy atom. The van der Waals surface area contributed by atoms with Crippen molar-refractivity contribution < 1.29 is 13.2 Å². The summed E-state index contributed by atoms with van der Waals surface area (Å²) < 4.78 is 33.9. The first kappa shape index (κ1) is 16.2. The lowest BCUT2D eigenvalue weighted by Gasteiger charge is -2.39. The molecular weight excluding hydrogens is 278 g/mol. The van der Waals surface area contributed by atoms with Gasteiger partial charge in [0.1, 0.15) is 0 Å². The summed E-state index contributed by atoms with van der Waals surface area (Å²) in [6, 6.07) is -0.0227. The van der Waals surface area contributed by atoms with Gasteiger partial charge in [-0.3, -0.25) is 0 Å². The molecule has 0 aliphatic carbocycles. The number of rotatable bonds is 5. The first-order valence-corrected chi connectivity index (χ1v) is 8.95. The molecule has 2 rings (SSSR count). The Labute approximate surface area is 122 Å². The largest absolute Gasteiger partial charge is 0.384 e. The monoisotopic (exact) mass is 305 g/mol. The van der Waals surface area contributed by atoms with Gasteiger partial charge < -0.3 is 10.5 Å². The highest BCUT2D eigenvalue weighted by molar-refractivity contribution is 7.86. The molecular formula is C13H27N3O3S. The summed E-state index contributed by atoms with van der Waals surface area (Å²) >= 11 is 0. The molecule has 6 nitrogen and oxygen atoms in total. The Morgan fingerprint density at radius 2 is 1.85 bits per heavy atom. The van der Waals surface area contributed by atoms with Gasteiger partial charge in [0.15, 0.2) is 0 Å². The maximum atomic E-state index is 12.7. The van der Waals surface area contributed by atoms with Gasteiger partial charge in [-0.2, -0.15) is 17.0 Å². The van der Waals surface area contributed by atoms with Crippen LogP contribution in [-0.4, -0.2) is 63.0 Å². The van der Waals surface area contributed by atoms with E-state index < -0.39 is 10.2 Å². The molecule has 7 heteroatoms. The van der Waals surface area contributed by atoms with E-state index in [9.17, 15) is 8.42 Å². The summed E-state index contributed by atoms with van der Waals surface area (Å²) in [5.41, 5.74) is 5.74. The lowest BCUT2D eigenvalue weighted by Crippen LogP contribution is -2.54. The maximum Gasteiger partial charge on any atom is 0.282 e. The van der Waals surface area contributed by atoms with Crippen molar-refractivity contribution in [2.24, 2.45) is 11.7 Å². The topological polar surface area (TPSA) is 75.9 Å². The molecule has 0 bridgehead atoms. The van der Waals surface area contributed by atoms with Crippen LogP contribution in [0, 0.1) is 5.92 Å². The van der Waals surface area contributed by atoms with E-state index in [0.717, 1.165) is 38.7 Å². The van der Waals surface area contributed by atoms with E-state index in [1.165, 1.54) is 0 Å². The zero-order valence-corrected chi connectivity index (χ0v) is 13.1. The van der Waals surface area contributed by atoms with Gasteiger partial charge in [0.25, 0.3) is 10.2 Å². The summed E-state index contributed by atoms with van der Waals surface area (Å²) in [6.07, 6.45) is 4.66. The van der Waals surface area contributed by atoms with Crippen LogP contribution in [0.4, 0.5) is 0 Å². The first-order valence-electron chi connectivity index (χ1n) is 7.55. The number of methoxy groups -OCH3 is 1. The number of ether oxygens (including phenoxy) is 1. The Balaban J connectivity index is 1.99. The van der Waals surface area contributed by atoms with Crippen molar-refractivity contribution in [2.45, 2.75) is 38.1 Å². The summed E-state index contributed by atoms with van der Waals surface area (Å²) in [4.78, 5) is 0. The number of hydrogen-bond acceptors (Lipinski definition) is 4. The highest BCUT2D eigenvalue weighted by atomic mass is 32.2. The number of nitrogens with two attached hydrogens (primary N) is 1. The van der Waals surface area contributed by atoms with E-state index in [4.69, 9.17) is 10.5 Å². The molecule has 2 aliphatic heterocycles. The van der Waals surface area contributed by atoms with E-state index in [0.29, 0.717) is 32.1 Å². The number of nitrogens with zero attached hydrogens (tertiary/aromatic N) is 2. The zero-order chi connectivity index (χ0) is 14.6. The lowest BCUT2D eigenvalue weighted by molar-refractivity contribution is 0.118. The summed E-state index contributed by atoms with van der Waals surface area (Å²) in [6.45, 7) is 2.96. The van der Waals surface area contributed by atoms with Crippen molar-refractivity contribution in [3.63, 3.8) is 0 Å². The smallest absolute Gasteiger partial charge is 0.282 e. The third kappa shape index (κ3) is 3.51. The van der Waals surface area contributed by atoms with Crippen LogP contribution in [0.1, 0.15) is 32.1 Å². The molecule has 0 aromatic heterocycles. The van der Waals surface area contributed by atoms with Gasteiger partial charge >= 0.3 is 0 Å². The molecule has 1 atom stereocenters. The van der Waals surface area contributed by atoms with Gasteiger partial charge in [-0.1, -0.05) is 6.42 Å². The van der Waals surface area contributed by atoms with Crippen LogP contribution in [0.5, 0.6) is 0 Å². The molecule has 0 spiro atoms. The molecule has 2 aliphatic rings. The third-order valence-corrected chi connectivity index (χ3v) is 6.53. The van der Waals surface area contributed by atoms with Crippen LogP contribution in [0.2, 0.25) is 0 Å². The minimum Gasteiger partial charge on any atom is -0.384 e. The van der Waals surface area contributed by atoms with E-state index in [1.54, 1.807) is 15.7 Å². The Kier molecular flexibility index (Phi) is 5.80. The molecule has 0 aromatic carbocycles. The predicted octanol–water partition coefficient (Wildman–Crippen LogP) is 0.403. The Bertz CT molecular complexity index is 394. The molecule has 2 heterocycles. The van der Waals surface area contributed by atoms with Crippen LogP contribution < -0.4 is 5.73 Å². The Morgan fingerprint density at radius 1 is 1.15 bits per heavy atom. The van der Waals surface area contributed by atoms with Crippen LogP contribution in [0.3, 0.4) is 0 Å². The lowest BCUT2D eigenvalue weighted by atomic mass is 9.99. The second-order valence-corrected chi connectivity index (χ2v) is 7.68. The molecule has 2 N–H and O–H groups in total. The Hall–Kier alpha value is -0.210. The fourth-order valence-corrected chi connectivity index (χ4v) is 5.10. The molecule has 2 saturated heterocycles. The molecule has 118 valence electrons. The van der Waals surface area contributed by atoms with Gasteiger partial charge in [0.05, 0.1) is 0 Å². The molecule has 1 unspecified atom stereocenters. The average Bonchev–Trinajstić information content (AvgIpc) is 2.48. The minimum absolute atomic E-state index is 0.0227. The molecule has 20 heavy (non-hydrogen) atoms. The van der Waals surface area contributed by atoms with Crippen molar-refractivity contribution in [3.05, 3.63) is 0 Å². The third-order valence-electron chi connectivity index (χ3n) is 4.44. The molecule has 0 saturated carbocycles. The van der Waals surface area contributed by atoms with Gasteiger partial charge in [0.2, 0.25) is 0 Å². The summed E-state index contributed by atoms with van der Waals surface area (Å²) in [7, 11) is -1.64. The summed E-state index contributed by atoms with van der Waals surface area (Å²) in [5.74, 6) is 0.484. The fourth-order valence-electron chi connectivity index (χ4n) is 3.20. The van der Waals surface area contributed by atoms with Crippen LogP contribution in [0.15, 0.2) is 0 Å². The van der Waals surface area contributed by atoms with Crippen molar-refractivity contribution in [1.29, 1.82) is 0 Å². The molecule has 0 amide bonds. The standard InChI is InChI=1S/C13H27N3O3S/c1-19-11-12-5-8-15(9-6-12)20(17,18)16-7-3-2-4-13(16)10-14/h12-13H,2-11,14H2,1H3. The second kappa shape index (κ2) is 7.17. The van der Waals surface area contributed by atoms with Crippen LogP contribution in [-0.2, 0) is 14.9 Å². The van der Waals surface area contributed by atoms with Gasteiger partial charge in [-0.15, -0.1) is 0 Å². The number of hydrogen-bond donors (Lipinski definition) is 1. The minimum atomic E-state index is -3.34. The molecule has 2 fully saturated rings. The van der Waals surface area contributed by atoms with Gasteiger partial charge in [0, 0.05) is 45.9 Å². The van der Waals surface area contributed by atoms with Crippen molar-refractivity contribution in [3.8, 4) is 0 Å².